The summed E-state index contributed by atoms with van der Waals surface area (Å²) in [5.74, 6) is 1.10. The highest BCUT2D eigenvalue weighted by Gasteiger charge is 2.31. The first-order valence-electron chi connectivity index (χ1n) is 12.6. The molecule has 6 nitrogen and oxygen atoms in total. The molecule has 11 heteroatoms. The Morgan fingerprint density at radius 1 is 1.00 bits per heavy atom. The van der Waals surface area contributed by atoms with Gasteiger partial charge in [-0.1, -0.05) is 53.7 Å². The number of benzene rings is 2. The van der Waals surface area contributed by atoms with Gasteiger partial charge in [-0.2, -0.15) is 13.2 Å². The maximum absolute atomic E-state index is 13.2. The number of halogens is 4. The summed E-state index contributed by atoms with van der Waals surface area (Å²) in [5.41, 5.74) is 1.31. The fourth-order valence-corrected chi connectivity index (χ4v) is 5.38. The number of rotatable bonds is 10. The number of alkyl halides is 3. The minimum absolute atomic E-state index is 0.110. The number of amides is 1. The van der Waals surface area contributed by atoms with E-state index < -0.39 is 11.7 Å². The third-order valence-electron chi connectivity index (χ3n) is 6.33. The lowest BCUT2D eigenvalue weighted by atomic mass is 10.1. The van der Waals surface area contributed by atoms with Crippen LogP contribution in [0.5, 0.6) is 0 Å². The highest BCUT2D eigenvalue weighted by atomic mass is 35.5. The molecule has 40 heavy (non-hydrogen) atoms. The van der Waals surface area contributed by atoms with E-state index in [9.17, 15) is 18.0 Å². The highest BCUT2D eigenvalue weighted by molar-refractivity contribution is 7.98. The van der Waals surface area contributed by atoms with Crippen LogP contribution >= 0.6 is 23.4 Å². The smallest absolute Gasteiger partial charge is 0.368 e. The molecule has 2 aromatic carbocycles. The SMILES string of the molecule is C=CCN(CC=C)c1cc(Cl)nc(SCc2cccc(C(=O)N3CCN(c4cccc(C(F)(F)F)c4)CC3)c2)n1. The summed E-state index contributed by atoms with van der Waals surface area (Å²) in [7, 11) is 0. The van der Waals surface area contributed by atoms with Crippen LogP contribution in [0, 0.1) is 0 Å². The van der Waals surface area contributed by atoms with Gasteiger partial charge in [-0.25, -0.2) is 9.97 Å². The molecule has 1 aliphatic heterocycles. The molecule has 210 valence electrons. The van der Waals surface area contributed by atoms with Crippen molar-refractivity contribution in [2.45, 2.75) is 17.1 Å². The second kappa shape index (κ2) is 13.2. The van der Waals surface area contributed by atoms with Gasteiger partial charge in [-0.3, -0.25) is 4.79 Å². The topological polar surface area (TPSA) is 52.6 Å². The van der Waals surface area contributed by atoms with Crippen molar-refractivity contribution < 1.29 is 18.0 Å². The van der Waals surface area contributed by atoms with Crippen LogP contribution in [0.1, 0.15) is 21.5 Å². The number of thioether (sulfide) groups is 1. The molecule has 0 spiro atoms. The number of hydrogen-bond donors (Lipinski definition) is 0. The number of anilines is 2. The van der Waals surface area contributed by atoms with Crippen LogP contribution in [0.25, 0.3) is 0 Å². The quantitative estimate of drug-likeness (QED) is 0.116. The van der Waals surface area contributed by atoms with E-state index in [-0.39, 0.29) is 5.91 Å². The van der Waals surface area contributed by atoms with Crippen LogP contribution in [-0.2, 0) is 11.9 Å². The van der Waals surface area contributed by atoms with E-state index in [0.717, 1.165) is 17.7 Å². The molecular formula is C29H29ClF3N5OS. The van der Waals surface area contributed by atoms with Gasteiger partial charge in [0.25, 0.3) is 5.91 Å². The third-order valence-corrected chi connectivity index (χ3v) is 7.44. The maximum atomic E-state index is 13.2. The van der Waals surface area contributed by atoms with Crippen molar-refractivity contribution in [3.8, 4) is 0 Å². The zero-order chi connectivity index (χ0) is 28.7. The molecule has 1 aliphatic rings. The van der Waals surface area contributed by atoms with Gasteiger partial charge in [0.05, 0.1) is 5.56 Å². The molecule has 1 fully saturated rings. The molecule has 1 aromatic heterocycles. The zero-order valence-electron chi connectivity index (χ0n) is 21.8. The van der Waals surface area contributed by atoms with Crippen LogP contribution in [0.15, 0.2) is 85.1 Å². The van der Waals surface area contributed by atoms with Gasteiger partial charge in [0.1, 0.15) is 11.0 Å². The van der Waals surface area contributed by atoms with Crippen molar-refractivity contribution in [1.29, 1.82) is 0 Å². The van der Waals surface area contributed by atoms with Gasteiger partial charge in [0.2, 0.25) is 0 Å². The Labute approximate surface area is 241 Å². The van der Waals surface area contributed by atoms with Crippen molar-refractivity contribution in [2.75, 3.05) is 49.1 Å². The largest absolute Gasteiger partial charge is 0.416 e. The van der Waals surface area contributed by atoms with Crippen molar-refractivity contribution in [3.05, 3.63) is 102 Å². The standard InChI is InChI=1S/C29H29ClF3N5OS/c1-3-11-37(12-4-2)26-19-25(30)34-28(35-26)40-20-21-7-5-8-22(17-21)27(39)38-15-13-36(14-16-38)24-10-6-9-23(18-24)29(31,32)33/h3-10,17-19H,1-2,11-16,20H2. The van der Waals surface area contributed by atoms with Crippen LogP contribution in [0.3, 0.4) is 0 Å². The lowest BCUT2D eigenvalue weighted by Crippen LogP contribution is -2.48. The minimum atomic E-state index is -4.39. The molecule has 0 saturated carbocycles. The number of carbonyl (C=O) groups is 1. The summed E-state index contributed by atoms with van der Waals surface area (Å²) in [5, 5.41) is 0.849. The van der Waals surface area contributed by atoms with Gasteiger partial charge < -0.3 is 14.7 Å². The molecular weight excluding hydrogens is 559 g/mol. The first-order chi connectivity index (χ1) is 19.2. The maximum Gasteiger partial charge on any atom is 0.416 e. The molecule has 0 bridgehead atoms. The second-order valence-electron chi connectivity index (χ2n) is 9.13. The molecule has 1 amide bonds. The molecule has 0 radical (unpaired) electrons. The lowest BCUT2D eigenvalue weighted by Gasteiger charge is -2.36. The first-order valence-corrected chi connectivity index (χ1v) is 14.0. The number of piperazine rings is 1. The zero-order valence-corrected chi connectivity index (χ0v) is 23.4. The molecule has 0 atom stereocenters. The normalized spacial score (nSPS) is 13.7. The first kappa shape index (κ1) is 29.5. The van der Waals surface area contributed by atoms with Gasteiger partial charge in [-0.15, -0.1) is 13.2 Å². The Balaban J connectivity index is 1.38. The summed E-state index contributed by atoms with van der Waals surface area (Å²) < 4.78 is 39.3. The predicted octanol–water partition coefficient (Wildman–Crippen LogP) is 6.58. The summed E-state index contributed by atoms with van der Waals surface area (Å²) in [6.45, 7) is 10.5. The van der Waals surface area contributed by atoms with E-state index in [1.807, 2.05) is 28.0 Å². The Kier molecular flexibility index (Phi) is 9.76. The summed E-state index contributed by atoms with van der Waals surface area (Å²) in [6.07, 6.45) is -0.838. The van der Waals surface area contributed by atoms with E-state index in [4.69, 9.17) is 11.6 Å². The number of aromatic nitrogens is 2. The van der Waals surface area contributed by atoms with Crippen LogP contribution in [-0.4, -0.2) is 60.0 Å². The minimum Gasteiger partial charge on any atom is -0.368 e. The number of carbonyl (C=O) groups excluding carboxylic acids is 1. The molecule has 1 saturated heterocycles. The van der Waals surface area contributed by atoms with E-state index in [1.54, 1.807) is 35.3 Å². The lowest BCUT2D eigenvalue weighted by molar-refractivity contribution is -0.137. The molecule has 0 aliphatic carbocycles. The predicted molar refractivity (Wildman–Crippen MR) is 155 cm³/mol. The van der Waals surface area contributed by atoms with E-state index >= 15 is 0 Å². The van der Waals surface area contributed by atoms with Gasteiger partial charge >= 0.3 is 6.18 Å². The fourth-order valence-electron chi connectivity index (χ4n) is 4.36. The Morgan fingerprint density at radius 3 is 2.38 bits per heavy atom. The molecule has 2 heterocycles. The van der Waals surface area contributed by atoms with Crippen LogP contribution in [0.4, 0.5) is 24.7 Å². The fraction of sp³-hybridized carbons (Fsp3) is 0.276. The van der Waals surface area contributed by atoms with Crippen molar-refractivity contribution >= 4 is 40.8 Å². The van der Waals surface area contributed by atoms with Crippen LogP contribution < -0.4 is 9.80 Å². The number of hydrogen-bond acceptors (Lipinski definition) is 6. The van der Waals surface area contributed by atoms with Gasteiger partial charge in [-0.05, 0) is 35.9 Å². The van der Waals surface area contributed by atoms with Gasteiger partial charge in [0.15, 0.2) is 5.16 Å². The van der Waals surface area contributed by atoms with Crippen molar-refractivity contribution in [3.63, 3.8) is 0 Å². The average Bonchev–Trinajstić information content (AvgIpc) is 2.95. The van der Waals surface area contributed by atoms with Crippen LogP contribution in [0.2, 0.25) is 5.15 Å². The summed E-state index contributed by atoms with van der Waals surface area (Å²) in [4.78, 5) is 27.8. The molecule has 0 unspecified atom stereocenters. The highest BCUT2D eigenvalue weighted by Crippen LogP contribution is 2.32. The van der Waals surface area contributed by atoms with Crippen molar-refractivity contribution in [1.82, 2.24) is 14.9 Å². The third kappa shape index (κ3) is 7.57. The molecule has 3 aromatic rings. The Hall–Kier alpha value is -3.50. The van der Waals surface area contributed by atoms with E-state index in [2.05, 4.69) is 23.1 Å². The van der Waals surface area contributed by atoms with Crippen molar-refractivity contribution in [2.24, 2.45) is 0 Å². The number of nitrogens with zero attached hydrogens (tertiary/aromatic N) is 5. The molecule has 0 N–H and O–H groups in total. The summed E-state index contributed by atoms with van der Waals surface area (Å²) in [6, 6.07) is 14.4. The molecule has 4 rings (SSSR count). The average molecular weight is 588 g/mol. The van der Waals surface area contributed by atoms with E-state index in [1.165, 1.54) is 17.8 Å². The van der Waals surface area contributed by atoms with Gasteiger partial charge in [0, 0.05) is 62.3 Å². The Bertz CT molecular complexity index is 1350. The monoisotopic (exact) mass is 587 g/mol. The Morgan fingerprint density at radius 2 is 1.70 bits per heavy atom. The summed E-state index contributed by atoms with van der Waals surface area (Å²) >= 11 is 7.68. The second-order valence-corrected chi connectivity index (χ2v) is 10.5. The van der Waals surface area contributed by atoms with E-state index in [0.29, 0.717) is 72.4 Å².